The minimum absolute atomic E-state index is 0.0377. The molecular formula is C22H15BrF6N2O2. The summed E-state index contributed by atoms with van der Waals surface area (Å²) in [7, 11) is 0. The highest BCUT2D eigenvalue weighted by Gasteiger charge is 2.37. The second kappa shape index (κ2) is 9.34. The molecule has 0 aliphatic carbocycles. The first-order valence-corrected chi connectivity index (χ1v) is 10.1. The van der Waals surface area contributed by atoms with Gasteiger partial charge in [-0.2, -0.15) is 13.2 Å². The summed E-state index contributed by atoms with van der Waals surface area (Å²) in [4.78, 5) is 11.9. The summed E-state index contributed by atoms with van der Waals surface area (Å²) >= 11 is 2.84. The van der Waals surface area contributed by atoms with Crippen molar-refractivity contribution >= 4 is 27.5 Å². The van der Waals surface area contributed by atoms with Gasteiger partial charge < -0.3 is 15.8 Å². The Morgan fingerprint density at radius 2 is 1.70 bits per heavy atom. The highest BCUT2D eigenvalue weighted by molar-refractivity contribution is 9.10. The van der Waals surface area contributed by atoms with Crippen molar-refractivity contribution in [1.82, 2.24) is 0 Å². The van der Waals surface area contributed by atoms with Crippen molar-refractivity contribution in [3.05, 3.63) is 87.1 Å². The fraction of sp³-hybridized carbons (Fsp3) is 0.136. The molecule has 0 bridgehead atoms. The van der Waals surface area contributed by atoms with Crippen molar-refractivity contribution in [3.8, 4) is 11.5 Å². The summed E-state index contributed by atoms with van der Waals surface area (Å²) < 4.78 is 86.6. The lowest BCUT2D eigenvalue weighted by Crippen LogP contribution is -2.17. The van der Waals surface area contributed by atoms with E-state index in [1.54, 1.807) is 0 Å². The van der Waals surface area contributed by atoms with Gasteiger partial charge in [-0.05, 0) is 37.3 Å². The van der Waals surface area contributed by atoms with Crippen LogP contribution < -0.4 is 15.8 Å². The van der Waals surface area contributed by atoms with Crippen molar-refractivity contribution in [2.45, 2.75) is 19.1 Å². The van der Waals surface area contributed by atoms with Crippen LogP contribution in [0.25, 0.3) is 0 Å². The van der Waals surface area contributed by atoms with Gasteiger partial charge in [0.25, 0.3) is 5.91 Å². The Labute approximate surface area is 192 Å². The molecule has 0 unspecified atom stereocenters. The Morgan fingerprint density at radius 3 is 2.27 bits per heavy atom. The van der Waals surface area contributed by atoms with Crippen LogP contribution in [0.2, 0.25) is 0 Å². The Morgan fingerprint density at radius 1 is 1.06 bits per heavy atom. The van der Waals surface area contributed by atoms with Gasteiger partial charge in [-0.15, -0.1) is 0 Å². The zero-order valence-electron chi connectivity index (χ0n) is 16.7. The average molecular weight is 533 g/mol. The number of alkyl halides is 3. The molecule has 11 heteroatoms. The number of hydrogen-bond acceptors (Lipinski definition) is 3. The van der Waals surface area contributed by atoms with E-state index in [0.29, 0.717) is 12.1 Å². The van der Waals surface area contributed by atoms with Gasteiger partial charge in [0.2, 0.25) is 0 Å². The summed E-state index contributed by atoms with van der Waals surface area (Å²) in [6.45, 7) is 1.37. The van der Waals surface area contributed by atoms with Crippen LogP contribution in [0.3, 0.4) is 0 Å². The molecule has 0 fully saturated rings. The van der Waals surface area contributed by atoms with Crippen molar-refractivity contribution in [1.29, 1.82) is 0 Å². The first-order valence-electron chi connectivity index (χ1n) is 9.27. The molecule has 3 aromatic carbocycles. The summed E-state index contributed by atoms with van der Waals surface area (Å²) in [6, 6.07) is 7.22. The minimum Gasteiger partial charge on any atom is -0.457 e. The van der Waals surface area contributed by atoms with E-state index < -0.39 is 52.5 Å². The van der Waals surface area contributed by atoms with Crippen LogP contribution in [-0.2, 0) is 6.18 Å². The van der Waals surface area contributed by atoms with Crippen molar-refractivity contribution in [2.75, 3.05) is 5.32 Å². The third kappa shape index (κ3) is 5.41. The average Bonchev–Trinajstić information content (AvgIpc) is 2.67. The van der Waals surface area contributed by atoms with Gasteiger partial charge >= 0.3 is 6.18 Å². The Balaban J connectivity index is 1.95. The summed E-state index contributed by atoms with van der Waals surface area (Å²) in [5.74, 6) is -4.99. The largest absolute Gasteiger partial charge is 0.457 e. The number of halogens is 7. The topological polar surface area (TPSA) is 64.3 Å². The summed E-state index contributed by atoms with van der Waals surface area (Å²) in [5.41, 5.74) is 3.68. The van der Waals surface area contributed by atoms with Gasteiger partial charge in [0.05, 0.1) is 11.6 Å². The maximum Gasteiger partial charge on any atom is 0.421 e. The molecule has 4 nitrogen and oxygen atoms in total. The Hall–Kier alpha value is -3.21. The molecule has 3 rings (SSSR count). The number of benzene rings is 3. The van der Waals surface area contributed by atoms with Gasteiger partial charge in [-0.1, -0.05) is 22.0 Å². The molecule has 0 heterocycles. The van der Waals surface area contributed by atoms with E-state index >= 15 is 0 Å². The third-order valence-corrected chi connectivity index (χ3v) is 5.25. The van der Waals surface area contributed by atoms with E-state index in [1.807, 2.05) is 0 Å². The van der Waals surface area contributed by atoms with Crippen LogP contribution >= 0.6 is 15.9 Å². The molecule has 3 aromatic rings. The lowest BCUT2D eigenvalue weighted by Gasteiger charge is -2.20. The van der Waals surface area contributed by atoms with Crippen molar-refractivity contribution in [3.63, 3.8) is 0 Å². The van der Waals surface area contributed by atoms with Gasteiger partial charge in [-0.25, -0.2) is 13.2 Å². The van der Waals surface area contributed by atoms with E-state index in [0.717, 1.165) is 12.1 Å². The molecule has 0 saturated carbocycles. The predicted octanol–water partition coefficient (Wildman–Crippen LogP) is 6.95. The highest BCUT2D eigenvalue weighted by atomic mass is 79.9. The molecular weight excluding hydrogens is 518 g/mol. The number of hydrogen-bond donors (Lipinski definition) is 2. The zero-order chi connectivity index (χ0) is 24.5. The molecule has 174 valence electrons. The Bertz CT molecular complexity index is 1190. The fourth-order valence-electron chi connectivity index (χ4n) is 3.18. The van der Waals surface area contributed by atoms with Crippen LogP contribution in [0.15, 0.2) is 53.0 Å². The standard InChI is InChI=1S/C22H15BrF6N2O2/c1-10(19-15(25)7-11(24)8-16(19)26)31-17-6-5-12(9-13(17)21(30)32)33-18-4-2-3-14(23)20(18)22(27,28)29/h2-10,31H,1H3,(H2,30,32)/t10-/m1/s1. The lowest BCUT2D eigenvalue weighted by molar-refractivity contribution is -0.139. The van der Waals surface area contributed by atoms with Gasteiger partial charge in [0.1, 0.15) is 34.5 Å². The van der Waals surface area contributed by atoms with Crippen LogP contribution in [0.1, 0.15) is 34.5 Å². The summed E-state index contributed by atoms with van der Waals surface area (Å²) in [5, 5.41) is 2.70. The number of nitrogens with one attached hydrogen (secondary N) is 1. The first kappa shape index (κ1) is 24.4. The molecule has 0 radical (unpaired) electrons. The molecule has 0 aromatic heterocycles. The molecule has 0 aliphatic rings. The van der Waals surface area contributed by atoms with Crippen LogP contribution in [0, 0.1) is 17.5 Å². The van der Waals surface area contributed by atoms with Gasteiger partial charge in [0.15, 0.2) is 0 Å². The van der Waals surface area contributed by atoms with Crippen LogP contribution in [0.5, 0.6) is 11.5 Å². The quantitative estimate of drug-likeness (QED) is 0.337. The monoisotopic (exact) mass is 532 g/mol. The number of ether oxygens (including phenoxy) is 1. The minimum atomic E-state index is -4.72. The molecule has 0 saturated heterocycles. The molecule has 0 aliphatic heterocycles. The third-order valence-electron chi connectivity index (χ3n) is 4.59. The molecule has 33 heavy (non-hydrogen) atoms. The number of rotatable bonds is 6. The van der Waals surface area contributed by atoms with E-state index in [9.17, 15) is 31.1 Å². The van der Waals surface area contributed by atoms with Crippen LogP contribution in [0.4, 0.5) is 32.0 Å². The second-order valence-electron chi connectivity index (χ2n) is 6.93. The molecule has 1 amide bonds. The molecule has 0 spiro atoms. The first-order chi connectivity index (χ1) is 15.4. The number of amides is 1. The normalized spacial score (nSPS) is 12.4. The maximum atomic E-state index is 14.1. The van der Waals surface area contributed by atoms with E-state index in [2.05, 4.69) is 21.2 Å². The summed E-state index contributed by atoms with van der Waals surface area (Å²) in [6.07, 6.45) is -4.72. The van der Waals surface area contributed by atoms with E-state index in [4.69, 9.17) is 10.5 Å². The Kier molecular flexibility index (Phi) is 6.92. The smallest absolute Gasteiger partial charge is 0.421 e. The van der Waals surface area contributed by atoms with E-state index in [1.165, 1.54) is 31.2 Å². The van der Waals surface area contributed by atoms with Gasteiger partial charge in [0, 0.05) is 27.9 Å². The number of primary amides is 1. The highest BCUT2D eigenvalue weighted by Crippen LogP contribution is 2.43. The SMILES string of the molecule is C[C@@H](Nc1ccc(Oc2cccc(Br)c2C(F)(F)F)cc1C(N)=O)c1c(F)cc(F)cc1F. The lowest BCUT2D eigenvalue weighted by atomic mass is 10.0. The number of carbonyl (C=O) groups is 1. The maximum absolute atomic E-state index is 14.1. The van der Waals surface area contributed by atoms with E-state index in [-0.39, 0.29) is 21.5 Å². The second-order valence-corrected chi connectivity index (χ2v) is 7.79. The number of carbonyl (C=O) groups excluding carboxylic acids is 1. The fourth-order valence-corrected chi connectivity index (χ4v) is 3.75. The molecule has 3 N–H and O–H groups in total. The van der Waals surface area contributed by atoms with Crippen LogP contribution in [-0.4, -0.2) is 5.91 Å². The number of anilines is 1. The van der Waals surface area contributed by atoms with Gasteiger partial charge in [-0.3, -0.25) is 4.79 Å². The van der Waals surface area contributed by atoms with Crippen molar-refractivity contribution in [2.24, 2.45) is 5.73 Å². The number of nitrogens with two attached hydrogens (primary N) is 1. The zero-order valence-corrected chi connectivity index (χ0v) is 18.3. The predicted molar refractivity (Wildman–Crippen MR) is 113 cm³/mol. The van der Waals surface area contributed by atoms with Crippen molar-refractivity contribution < 1.29 is 35.9 Å². The molecule has 1 atom stereocenters.